The van der Waals surface area contributed by atoms with Gasteiger partial charge in [0.25, 0.3) is 5.91 Å². The predicted molar refractivity (Wildman–Crippen MR) is 87.4 cm³/mol. The molecular formula is C15H22N4O3S. The number of ether oxygens (including phenoxy) is 1. The van der Waals surface area contributed by atoms with Crippen molar-refractivity contribution in [1.82, 2.24) is 15.8 Å². The van der Waals surface area contributed by atoms with Gasteiger partial charge in [-0.1, -0.05) is 24.2 Å². The standard InChI is InChI=1S/C15H22N4O3S/c1-10-12(23-15(16-10)19-6-8-22-9-7-19)14(21)18-17-13(20)11-4-2-3-5-11/h11H,2-9H2,1H3,(H,17,20)(H,18,21). The number of rotatable bonds is 3. The Morgan fingerprint density at radius 1 is 1.22 bits per heavy atom. The SMILES string of the molecule is Cc1nc(N2CCOCC2)sc1C(=O)NNC(=O)C1CCCC1. The predicted octanol–water partition coefficient (Wildman–Crippen LogP) is 1.24. The molecule has 2 amide bonds. The average molecular weight is 338 g/mol. The summed E-state index contributed by atoms with van der Waals surface area (Å²) in [5.41, 5.74) is 5.75. The van der Waals surface area contributed by atoms with Gasteiger partial charge in [-0.2, -0.15) is 0 Å². The summed E-state index contributed by atoms with van der Waals surface area (Å²) >= 11 is 1.35. The molecule has 1 saturated carbocycles. The maximum absolute atomic E-state index is 12.3. The van der Waals surface area contributed by atoms with Crippen LogP contribution >= 0.6 is 11.3 Å². The van der Waals surface area contributed by atoms with Crippen LogP contribution in [0.15, 0.2) is 0 Å². The van der Waals surface area contributed by atoms with Crippen LogP contribution in [0.5, 0.6) is 0 Å². The van der Waals surface area contributed by atoms with Crippen LogP contribution in [0.1, 0.15) is 41.0 Å². The first kappa shape index (κ1) is 16.2. The molecule has 0 atom stereocenters. The third-order valence-corrected chi connectivity index (χ3v) is 5.52. The molecule has 0 radical (unpaired) electrons. The molecule has 2 N–H and O–H groups in total. The zero-order chi connectivity index (χ0) is 16.2. The number of carbonyl (C=O) groups excluding carboxylic acids is 2. The van der Waals surface area contributed by atoms with Crippen LogP contribution in [0.25, 0.3) is 0 Å². The summed E-state index contributed by atoms with van der Waals surface area (Å²) in [7, 11) is 0. The quantitative estimate of drug-likeness (QED) is 0.810. The van der Waals surface area contributed by atoms with Crippen LogP contribution in [0.2, 0.25) is 0 Å². The van der Waals surface area contributed by atoms with E-state index in [1.165, 1.54) is 11.3 Å². The molecular weight excluding hydrogens is 316 g/mol. The second kappa shape index (κ2) is 7.27. The van der Waals surface area contributed by atoms with E-state index >= 15 is 0 Å². The van der Waals surface area contributed by atoms with Crippen LogP contribution < -0.4 is 15.8 Å². The minimum atomic E-state index is -0.300. The van der Waals surface area contributed by atoms with Gasteiger partial charge in [-0.3, -0.25) is 20.4 Å². The molecule has 8 heteroatoms. The molecule has 0 aromatic carbocycles. The number of hydrogen-bond donors (Lipinski definition) is 2. The normalized spacial score (nSPS) is 18.9. The van der Waals surface area contributed by atoms with Crippen LogP contribution in [-0.4, -0.2) is 43.1 Å². The fourth-order valence-corrected chi connectivity index (χ4v) is 3.96. The Morgan fingerprint density at radius 3 is 2.61 bits per heavy atom. The van der Waals surface area contributed by atoms with Crippen molar-refractivity contribution in [3.8, 4) is 0 Å². The highest BCUT2D eigenvalue weighted by Crippen LogP contribution is 2.27. The van der Waals surface area contributed by atoms with Gasteiger partial charge >= 0.3 is 0 Å². The number of aromatic nitrogens is 1. The molecule has 1 aromatic heterocycles. The van der Waals surface area contributed by atoms with Crippen molar-refractivity contribution in [2.24, 2.45) is 5.92 Å². The zero-order valence-corrected chi connectivity index (χ0v) is 14.1. The highest BCUT2D eigenvalue weighted by Gasteiger charge is 2.24. The number of aryl methyl sites for hydroxylation is 1. The molecule has 1 aliphatic carbocycles. The lowest BCUT2D eigenvalue weighted by Crippen LogP contribution is -2.44. The van der Waals surface area contributed by atoms with E-state index < -0.39 is 0 Å². The number of thiazole rings is 1. The number of amides is 2. The second-order valence-electron chi connectivity index (χ2n) is 5.94. The van der Waals surface area contributed by atoms with E-state index in [2.05, 4.69) is 20.7 Å². The van der Waals surface area contributed by atoms with Crippen molar-refractivity contribution in [2.45, 2.75) is 32.6 Å². The Labute approximate surface area is 139 Å². The van der Waals surface area contributed by atoms with E-state index in [1.54, 1.807) is 0 Å². The number of nitrogens with one attached hydrogen (secondary N) is 2. The molecule has 0 spiro atoms. The van der Waals surface area contributed by atoms with Crippen molar-refractivity contribution in [1.29, 1.82) is 0 Å². The summed E-state index contributed by atoms with van der Waals surface area (Å²) in [5, 5.41) is 0.832. The van der Waals surface area contributed by atoms with Gasteiger partial charge in [0.05, 0.1) is 18.9 Å². The molecule has 7 nitrogen and oxygen atoms in total. The number of morpholine rings is 1. The van der Waals surface area contributed by atoms with Gasteiger partial charge in [-0.05, 0) is 19.8 Å². The first-order valence-corrected chi connectivity index (χ1v) is 8.87. The van der Waals surface area contributed by atoms with Crippen molar-refractivity contribution in [3.05, 3.63) is 10.6 Å². The van der Waals surface area contributed by atoms with Gasteiger partial charge in [-0.25, -0.2) is 4.98 Å². The number of hydrogen-bond acceptors (Lipinski definition) is 6. The number of hydrazine groups is 1. The highest BCUT2D eigenvalue weighted by molar-refractivity contribution is 7.17. The van der Waals surface area contributed by atoms with E-state index in [4.69, 9.17) is 4.74 Å². The molecule has 23 heavy (non-hydrogen) atoms. The van der Waals surface area contributed by atoms with E-state index in [0.717, 1.165) is 43.9 Å². The van der Waals surface area contributed by atoms with E-state index in [1.807, 2.05) is 6.92 Å². The van der Waals surface area contributed by atoms with Gasteiger partial charge in [0.2, 0.25) is 5.91 Å². The lowest BCUT2D eigenvalue weighted by molar-refractivity contribution is -0.125. The van der Waals surface area contributed by atoms with Gasteiger partial charge in [0.1, 0.15) is 4.88 Å². The molecule has 1 aromatic rings. The van der Waals surface area contributed by atoms with Gasteiger partial charge in [0, 0.05) is 19.0 Å². The molecule has 1 saturated heterocycles. The molecule has 2 heterocycles. The van der Waals surface area contributed by atoms with E-state index in [0.29, 0.717) is 23.8 Å². The summed E-state index contributed by atoms with van der Waals surface area (Å²) in [6.45, 7) is 4.74. The Bertz CT molecular complexity index is 577. The smallest absolute Gasteiger partial charge is 0.281 e. The van der Waals surface area contributed by atoms with E-state index in [9.17, 15) is 9.59 Å². The lowest BCUT2D eigenvalue weighted by atomic mass is 10.1. The van der Waals surface area contributed by atoms with Crippen molar-refractivity contribution in [2.75, 3.05) is 31.2 Å². The van der Waals surface area contributed by atoms with Crippen LogP contribution in [0.3, 0.4) is 0 Å². The number of anilines is 1. The minimum absolute atomic E-state index is 0.0294. The third kappa shape index (κ3) is 3.81. The molecule has 3 rings (SSSR count). The molecule has 0 unspecified atom stereocenters. The van der Waals surface area contributed by atoms with Crippen molar-refractivity contribution in [3.63, 3.8) is 0 Å². The summed E-state index contributed by atoms with van der Waals surface area (Å²) in [5.74, 6) is -0.362. The maximum Gasteiger partial charge on any atom is 0.281 e. The highest BCUT2D eigenvalue weighted by atomic mass is 32.1. The van der Waals surface area contributed by atoms with Gasteiger partial charge < -0.3 is 9.64 Å². The van der Waals surface area contributed by atoms with Crippen LogP contribution in [-0.2, 0) is 9.53 Å². The van der Waals surface area contributed by atoms with Gasteiger partial charge in [0.15, 0.2) is 5.13 Å². The van der Waals surface area contributed by atoms with Crippen molar-refractivity contribution < 1.29 is 14.3 Å². The molecule has 0 bridgehead atoms. The first-order chi connectivity index (χ1) is 11.1. The molecule has 2 aliphatic rings. The zero-order valence-electron chi connectivity index (χ0n) is 13.3. The Kier molecular flexibility index (Phi) is 5.12. The van der Waals surface area contributed by atoms with Crippen molar-refractivity contribution >= 4 is 28.3 Å². The topological polar surface area (TPSA) is 83.6 Å². The summed E-state index contributed by atoms with van der Waals surface area (Å²) in [6.07, 6.45) is 3.98. The Balaban J connectivity index is 1.58. The first-order valence-electron chi connectivity index (χ1n) is 8.05. The van der Waals surface area contributed by atoms with Gasteiger partial charge in [-0.15, -0.1) is 0 Å². The fourth-order valence-electron chi connectivity index (χ4n) is 2.95. The minimum Gasteiger partial charge on any atom is -0.378 e. The lowest BCUT2D eigenvalue weighted by Gasteiger charge is -2.25. The number of nitrogens with zero attached hydrogens (tertiary/aromatic N) is 2. The number of carbonyl (C=O) groups is 2. The average Bonchev–Trinajstić information content (AvgIpc) is 3.23. The summed E-state index contributed by atoms with van der Waals surface area (Å²) in [4.78, 5) is 31.4. The van der Waals surface area contributed by atoms with Crippen LogP contribution in [0, 0.1) is 12.8 Å². The summed E-state index contributed by atoms with van der Waals surface area (Å²) < 4.78 is 5.33. The Morgan fingerprint density at radius 2 is 1.91 bits per heavy atom. The summed E-state index contributed by atoms with van der Waals surface area (Å²) in [6, 6.07) is 0. The molecule has 126 valence electrons. The fraction of sp³-hybridized carbons (Fsp3) is 0.667. The maximum atomic E-state index is 12.3. The molecule has 1 aliphatic heterocycles. The third-order valence-electron chi connectivity index (χ3n) is 4.30. The van der Waals surface area contributed by atoms with E-state index in [-0.39, 0.29) is 17.7 Å². The largest absolute Gasteiger partial charge is 0.378 e. The molecule has 2 fully saturated rings. The second-order valence-corrected chi connectivity index (χ2v) is 6.91. The van der Waals surface area contributed by atoms with Crippen LogP contribution in [0.4, 0.5) is 5.13 Å². The Hall–Kier alpha value is -1.67. The monoisotopic (exact) mass is 338 g/mol.